The van der Waals surface area contributed by atoms with Gasteiger partial charge in [0.15, 0.2) is 5.82 Å². The maximum atomic E-state index is 12.0. The summed E-state index contributed by atoms with van der Waals surface area (Å²) in [6.45, 7) is 3.48. The summed E-state index contributed by atoms with van der Waals surface area (Å²) in [5.41, 5.74) is 11.3. The zero-order valence-electron chi connectivity index (χ0n) is 19.9. The summed E-state index contributed by atoms with van der Waals surface area (Å²) in [5, 5.41) is 22.5. The molecule has 5 rings (SSSR count). The summed E-state index contributed by atoms with van der Waals surface area (Å²) in [6.07, 6.45) is 2.55. The average Bonchev–Trinajstić information content (AvgIpc) is 3.18. The minimum Gasteiger partial charge on any atom is -0.423 e. The SMILES string of the molecule is CC1Cc2c(C(N)=O)cccc2N1c1nc2c(c(NCc3cccc(B(O)O)c3)n1)N(C)CCC2. The van der Waals surface area contributed by atoms with Crippen LogP contribution in [0.25, 0.3) is 0 Å². The molecule has 2 aliphatic rings. The molecule has 3 aromatic rings. The van der Waals surface area contributed by atoms with E-state index in [1.165, 1.54) is 0 Å². The first kappa shape index (κ1) is 23.1. The lowest BCUT2D eigenvalue weighted by atomic mass is 9.80. The number of benzene rings is 2. The molecule has 1 atom stereocenters. The van der Waals surface area contributed by atoms with E-state index < -0.39 is 13.0 Å². The maximum Gasteiger partial charge on any atom is 0.488 e. The first-order valence-corrected chi connectivity index (χ1v) is 11.8. The van der Waals surface area contributed by atoms with Crippen LogP contribution in [-0.2, 0) is 19.4 Å². The molecule has 0 radical (unpaired) electrons. The Bertz CT molecular complexity index is 1280. The van der Waals surface area contributed by atoms with Gasteiger partial charge in [0, 0.05) is 37.4 Å². The maximum absolute atomic E-state index is 12.0. The number of nitrogens with zero attached hydrogens (tertiary/aromatic N) is 4. The average molecular weight is 472 g/mol. The minimum absolute atomic E-state index is 0.0699. The molecule has 0 spiro atoms. The first-order valence-electron chi connectivity index (χ1n) is 11.8. The van der Waals surface area contributed by atoms with Crippen LogP contribution in [-0.4, -0.2) is 52.7 Å². The topological polar surface area (TPSA) is 128 Å². The largest absolute Gasteiger partial charge is 0.488 e. The summed E-state index contributed by atoms with van der Waals surface area (Å²) in [4.78, 5) is 26.2. The van der Waals surface area contributed by atoms with Crippen molar-refractivity contribution in [2.24, 2.45) is 5.73 Å². The van der Waals surface area contributed by atoms with Gasteiger partial charge in [0.2, 0.25) is 11.9 Å². The van der Waals surface area contributed by atoms with Crippen molar-refractivity contribution in [3.05, 3.63) is 64.8 Å². The molecule has 5 N–H and O–H groups in total. The van der Waals surface area contributed by atoms with Crippen LogP contribution in [0.15, 0.2) is 42.5 Å². The third kappa shape index (κ3) is 4.30. The number of nitrogens with two attached hydrogens (primary N) is 1. The van der Waals surface area contributed by atoms with E-state index in [2.05, 4.69) is 22.0 Å². The molecule has 0 bridgehead atoms. The number of nitrogens with one attached hydrogen (secondary N) is 1. The quantitative estimate of drug-likeness (QED) is 0.396. The zero-order valence-corrected chi connectivity index (χ0v) is 19.9. The molecule has 9 nitrogen and oxygen atoms in total. The molecule has 1 amide bonds. The third-order valence-corrected chi connectivity index (χ3v) is 6.77. The van der Waals surface area contributed by atoms with Gasteiger partial charge in [0.05, 0.1) is 5.69 Å². The van der Waals surface area contributed by atoms with E-state index in [-0.39, 0.29) is 6.04 Å². The molecule has 1 unspecified atom stereocenters. The van der Waals surface area contributed by atoms with Crippen LogP contribution < -0.4 is 26.3 Å². The Morgan fingerprint density at radius 1 is 1.23 bits per heavy atom. The van der Waals surface area contributed by atoms with Crippen molar-refractivity contribution in [1.82, 2.24) is 9.97 Å². The number of rotatable bonds is 6. The van der Waals surface area contributed by atoms with Crippen LogP contribution in [0.1, 0.15) is 40.5 Å². The zero-order chi connectivity index (χ0) is 24.7. The minimum atomic E-state index is -1.51. The van der Waals surface area contributed by atoms with Crippen LogP contribution >= 0.6 is 0 Å². The number of fused-ring (bicyclic) bond motifs is 2. The van der Waals surface area contributed by atoms with Crippen LogP contribution in [0.4, 0.5) is 23.1 Å². The normalized spacial score (nSPS) is 16.6. The van der Waals surface area contributed by atoms with E-state index in [0.29, 0.717) is 29.9 Å². The highest BCUT2D eigenvalue weighted by atomic mass is 16.4. The van der Waals surface area contributed by atoms with Gasteiger partial charge in [0.25, 0.3) is 0 Å². The number of carbonyl (C=O) groups is 1. The van der Waals surface area contributed by atoms with Gasteiger partial charge in [0.1, 0.15) is 5.69 Å². The Labute approximate surface area is 204 Å². The Morgan fingerprint density at radius 2 is 2.03 bits per heavy atom. The number of hydrogen-bond acceptors (Lipinski definition) is 8. The summed E-state index contributed by atoms with van der Waals surface area (Å²) in [5.74, 6) is 0.893. The molecule has 3 heterocycles. The van der Waals surface area contributed by atoms with Crippen LogP contribution in [0, 0.1) is 0 Å². The van der Waals surface area contributed by atoms with Crippen molar-refractivity contribution in [3.63, 3.8) is 0 Å². The van der Waals surface area contributed by atoms with Crippen molar-refractivity contribution < 1.29 is 14.8 Å². The molecular formula is C25H29BN6O3. The fraction of sp³-hybridized carbons (Fsp3) is 0.320. The third-order valence-electron chi connectivity index (χ3n) is 6.77. The molecule has 0 saturated carbocycles. The monoisotopic (exact) mass is 472 g/mol. The predicted molar refractivity (Wildman–Crippen MR) is 137 cm³/mol. The van der Waals surface area contributed by atoms with E-state index in [9.17, 15) is 14.8 Å². The summed E-state index contributed by atoms with van der Waals surface area (Å²) in [6, 6.07) is 12.8. The van der Waals surface area contributed by atoms with Gasteiger partial charge in [-0.05, 0) is 54.9 Å². The Kier molecular flexibility index (Phi) is 6.08. The smallest absolute Gasteiger partial charge is 0.423 e. The summed E-state index contributed by atoms with van der Waals surface area (Å²) >= 11 is 0. The Balaban J connectivity index is 1.54. The van der Waals surface area contributed by atoms with Crippen molar-refractivity contribution >= 4 is 41.6 Å². The number of anilines is 4. The van der Waals surface area contributed by atoms with Crippen LogP contribution in [0.2, 0.25) is 0 Å². The van der Waals surface area contributed by atoms with Gasteiger partial charge in [-0.3, -0.25) is 4.79 Å². The molecule has 10 heteroatoms. The highest BCUT2D eigenvalue weighted by Crippen LogP contribution is 2.41. The standard InChI is InChI=1S/C25H29BN6O3/c1-15-12-19-18(23(27)33)8-4-10-21(19)32(15)25-29-20-9-5-11-31(2)22(20)24(30-25)28-14-16-6-3-7-17(13-16)26(34)35/h3-4,6-8,10,13,15,34-35H,5,9,11-12,14H2,1-2H3,(H2,27,33)(H,28,29,30). The van der Waals surface area contributed by atoms with Crippen molar-refractivity contribution in [2.75, 3.05) is 28.7 Å². The van der Waals surface area contributed by atoms with E-state index in [4.69, 9.17) is 15.7 Å². The molecule has 180 valence electrons. The number of primary amides is 1. The van der Waals surface area contributed by atoms with Gasteiger partial charge < -0.3 is 30.9 Å². The number of aromatic nitrogens is 2. The van der Waals surface area contributed by atoms with Crippen molar-refractivity contribution in [1.29, 1.82) is 0 Å². The molecule has 0 saturated heterocycles. The molecular weight excluding hydrogens is 443 g/mol. The molecule has 2 aromatic carbocycles. The number of amides is 1. The summed E-state index contributed by atoms with van der Waals surface area (Å²) in [7, 11) is 0.531. The molecule has 2 aliphatic heterocycles. The Morgan fingerprint density at radius 3 is 2.80 bits per heavy atom. The van der Waals surface area contributed by atoms with Gasteiger partial charge in [-0.1, -0.05) is 30.3 Å². The number of aryl methyl sites for hydroxylation is 1. The van der Waals surface area contributed by atoms with Gasteiger partial charge in [-0.15, -0.1) is 0 Å². The lowest BCUT2D eigenvalue weighted by molar-refractivity contribution is 0.0999. The second kappa shape index (κ2) is 9.20. The highest BCUT2D eigenvalue weighted by molar-refractivity contribution is 6.58. The van der Waals surface area contributed by atoms with Gasteiger partial charge in [-0.25, -0.2) is 4.98 Å². The van der Waals surface area contributed by atoms with E-state index in [1.54, 1.807) is 24.3 Å². The van der Waals surface area contributed by atoms with Gasteiger partial charge in [-0.2, -0.15) is 4.98 Å². The van der Waals surface area contributed by atoms with E-state index in [0.717, 1.165) is 53.4 Å². The number of hydrogen-bond donors (Lipinski definition) is 4. The highest BCUT2D eigenvalue weighted by Gasteiger charge is 2.33. The Hall–Kier alpha value is -3.63. The molecule has 35 heavy (non-hydrogen) atoms. The van der Waals surface area contributed by atoms with E-state index in [1.807, 2.05) is 25.2 Å². The summed E-state index contributed by atoms with van der Waals surface area (Å²) < 4.78 is 0. The molecule has 0 fully saturated rings. The number of carbonyl (C=O) groups excluding carboxylic acids is 1. The van der Waals surface area contributed by atoms with Crippen LogP contribution in [0.5, 0.6) is 0 Å². The second-order valence-corrected chi connectivity index (χ2v) is 9.26. The van der Waals surface area contributed by atoms with Gasteiger partial charge >= 0.3 is 7.12 Å². The second-order valence-electron chi connectivity index (χ2n) is 9.26. The fourth-order valence-corrected chi connectivity index (χ4v) is 5.11. The van der Waals surface area contributed by atoms with Crippen LogP contribution in [0.3, 0.4) is 0 Å². The van der Waals surface area contributed by atoms with Crippen molar-refractivity contribution in [2.45, 2.75) is 38.8 Å². The first-order chi connectivity index (χ1) is 16.8. The predicted octanol–water partition coefficient (Wildman–Crippen LogP) is 1.33. The molecule has 1 aromatic heterocycles. The van der Waals surface area contributed by atoms with E-state index >= 15 is 0 Å². The lowest BCUT2D eigenvalue weighted by Gasteiger charge is -2.31. The fourth-order valence-electron chi connectivity index (χ4n) is 5.11. The lowest BCUT2D eigenvalue weighted by Crippen LogP contribution is -2.31. The van der Waals surface area contributed by atoms with Crippen molar-refractivity contribution in [3.8, 4) is 0 Å². The molecule has 0 aliphatic carbocycles.